The SMILES string of the molecule is N#Cc1ccc(OC2CN(C(=O)NC(CCC(=O)O)Cc3ccccc3)C2)cc1. The maximum absolute atomic E-state index is 12.5. The summed E-state index contributed by atoms with van der Waals surface area (Å²) in [6.07, 6.45) is 0.857. The summed E-state index contributed by atoms with van der Waals surface area (Å²) in [5, 5.41) is 20.8. The van der Waals surface area contributed by atoms with Crippen LogP contribution in [-0.2, 0) is 11.2 Å². The minimum absolute atomic E-state index is 0.00219. The van der Waals surface area contributed by atoms with Gasteiger partial charge in [0, 0.05) is 12.5 Å². The maximum atomic E-state index is 12.5. The van der Waals surface area contributed by atoms with Crippen molar-refractivity contribution < 1.29 is 19.4 Å². The lowest BCUT2D eigenvalue weighted by atomic mass is 10.0. The van der Waals surface area contributed by atoms with Crippen LogP contribution in [0.5, 0.6) is 5.75 Å². The Bertz CT molecular complexity index is 871. The summed E-state index contributed by atoms with van der Waals surface area (Å²) < 4.78 is 5.80. The number of carboxylic acids is 1. The molecule has 150 valence electrons. The molecule has 3 rings (SSSR count). The Balaban J connectivity index is 1.49. The first kappa shape index (κ1) is 20.2. The van der Waals surface area contributed by atoms with Gasteiger partial charge in [0.1, 0.15) is 11.9 Å². The van der Waals surface area contributed by atoms with E-state index < -0.39 is 5.97 Å². The third-order valence-electron chi connectivity index (χ3n) is 4.78. The number of carbonyl (C=O) groups is 2. The zero-order valence-electron chi connectivity index (χ0n) is 16.0. The fourth-order valence-corrected chi connectivity index (χ4v) is 3.17. The maximum Gasteiger partial charge on any atom is 0.317 e. The van der Waals surface area contributed by atoms with Crippen LogP contribution in [0.2, 0.25) is 0 Å². The molecule has 0 saturated carbocycles. The number of nitrogens with zero attached hydrogens (tertiary/aromatic N) is 2. The van der Waals surface area contributed by atoms with Crippen molar-refractivity contribution in [1.29, 1.82) is 5.26 Å². The molecule has 7 nitrogen and oxygen atoms in total. The Morgan fingerprint density at radius 2 is 1.86 bits per heavy atom. The third-order valence-corrected chi connectivity index (χ3v) is 4.78. The van der Waals surface area contributed by atoms with Crippen LogP contribution in [0.3, 0.4) is 0 Å². The summed E-state index contributed by atoms with van der Waals surface area (Å²) >= 11 is 0. The number of nitriles is 1. The number of ether oxygens (including phenoxy) is 1. The van der Waals surface area contributed by atoms with Gasteiger partial charge in [0.15, 0.2) is 0 Å². The van der Waals surface area contributed by atoms with Gasteiger partial charge in [-0.2, -0.15) is 5.26 Å². The average molecular weight is 393 g/mol. The molecule has 0 radical (unpaired) electrons. The molecule has 0 aromatic heterocycles. The molecule has 1 atom stereocenters. The second-order valence-corrected chi connectivity index (χ2v) is 7.05. The molecule has 0 aliphatic carbocycles. The summed E-state index contributed by atoms with van der Waals surface area (Å²) in [6.45, 7) is 0.922. The van der Waals surface area contributed by atoms with Crippen LogP contribution in [0, 0.1) is 11.3 Å². The molecule has 29 heavy (non-hydrogen) atoms. The summed E-state index contributed by atoms with van der Waals surface area (Å²) in [5.74, 6) is -0.213. The molecule has 2 amide bonds. The topological polar surface area (TPSA) is 103 Å². The number of nitrogens with one attached hydrogen (secondary N) is 1. The highest BCUT2D eigenvalue weighted by Crippen LogP contribution is 2.19. The normalized spacial score (nSPS) is 14.4. The minimum atomic E-state index is -0.878. The number of rotatable bonds is 8. The van der Waals surface area contributed by atoms with Gasteiger partial charge in [-0.3, -0.25) is 4.79 Å². The summed E-state index contributed by atoms with van der Waals surface area (Å²) in [4.78, 5) is 25.1. The van der Waals surface area contributed by atoms with Crippen LogP contribution in [0.4, 0.5) is 4.79 Å². The molecule has 0 spiro atoms. The number of aliphatic carboxylic acids is 1. The predicted octanol–water partition coefficient (Wildman–Crippen LogP) is 2.81. The van der Waals surface area contributed by atoms with E-state index in [1.54, 1.807) is 29.2 Å². The van der Waals surface area contributed by atoms with Crippen molar-refractivity contribution in [2.24, 2.45) is 0 Å². The Morgan fingerprint density at radius 1 is 1.17 bits per heavy atom. The molecule has 1 unspecified atom stereocenters. The highest BCUT2D eigenvalue weighted by molar-refractivity contribution is 5.75. The number of carboxylic acid groups (broad SMARTS) is 1. The second-order valence-electron chi connectivity index (χ2n) is 7.05. The van der Waals surface area contributed by atoms with E-state index in [1.165, 1.54) is 0 Å². The first-order valence-electron chi connectivity index (χ1n) is 9.51. The molecule has 1 heterocycles. The fourth-order valence-electron chi connectivity index (χ4n) is 3.17. The Kier molecular flexibility index (Phi) is 6.69. The Labute approximate surface area is 169 Å². The van der Waals surface area contributed by atoms with E-state index in [9.17, 15) is 9.59 Å². The van der Waals surface area contributed by atoms with E-state index in [1.807, 2.05) is 30.3 Å². The lowest BCUT2D eigenvalue weighted by molar-refractivity contribution is -0.137. The largest absolute Gasteiger partial charge is 0.487 e. The molecule has 2 N–H and O–H groups in total. The third kappa shape index (κ3) is 5.98. The molecule has 1 aliphatic rings. The fraction of sp³-hybridized carbons (Fsp3) is 0.318. The van der Waals surface area contributed by atoms with Crippen molar-refractivity contribution in [2.75, 3.05) is 13.1 Å². The van der Waals surface area contributed by atoms with Gasteiger partial charge in [-0.25, -0.2) is 4.79 Å². The molecule has 2 aromatic carbocycles. The van der Waals surface area contributed by atoms with Gasteiger partial charge < -0.3 is 20.1 Å². The standard InChI is InChI=1S/C22H23N3O4/c23-13-17-6-9-19(10-7-17)29-20-14-25(15-20)22(28)24-18(8-11-21(26)27)12-16-4-2-1-3-5-16/h1-7,9-10,18,20H,8,11-12,14-15H2,(H,24,28)(H,26,27). The van der Waals surface area contributed by atoms with Crippen molar-refractivity contribution in [3.8, 4) is 11.8 Å². The molecule has 1 fully saturated rings. The number of urea groups is 1. The van der Waals surface area contributed by atoms with Gasteiger partial charge in [0.05, 0.1) is 24.7 Å². The van der Waals surface area contributed by atoms with E-state index in [-0.39, 0.29) is 24.6 Å². The smallest absolute Gasteiger partial charge is 0.317 e. The van der Waals surface area contributed by atoms with E-state index in [4.69, 9.17) is 15.1 Å². The van der Waals surface area contributed by atoms with Crippen molar-refractivity contribution in [3.05, 3.63) is 65.7 Å². The van der Waals surface area contributed by atoms with Gasteiger partial charge >= 0.3 is 12.0 Å². The summed E-state index contributed by atoms with van der Waals surface area (Å²) in [5.41, 5.74) is 1.62. The lowest BCUT2D eigenvalue weighted by Gasteiger charge is -2.39. The van der Waals surface area contributed by atoms with Gasteiger partial charge in [0.25, 0.3) is 0 Å². The predicted molar refractivity (Wildman–Crippen MR) is 106 cm³/mol. The van der Waals surface area contributed by atoms with Crippen LogP contribution in [0.15, 0.2) is 54.6 Å². The van der Waals surface area contributed by atoms with Gasteiger partial charge in [-0.05, 0) is 42.7 Å². The van der Waals surface area contributed by atoms with Crippen molar-refractivity contribution in [1.82, 2.24) is 10.2 Å². The molecule has 1 saturated heterocycles. The number of benzene rings is 2. The zero-order valence-corrected chi connectivity index (χ0v) is 16.0. The van der Waals surface area contributed by atoms with E-state index in [2.05, 4.69) is 11.4 Å². The minimum Gasteiger partial charge on any atom is -0.487 e. The summed E-state index contributed by atoms with van der Waals surface area (Å²) in [6, 6.07) is 18.1. The summed E-state index contributed by atoms with van der Waals surface area (Å²) in [7, 11) is 0. The molecule has 2 aromatic rings. The Hall–Kier alpha value is -3.53. The monoisotopic (exact) mass is 393 g/mol. The number of hydrogen-bond donors (Lipinski definition) is 2. The van der Waals surface area contributed by atoms with E-state index in [0.29, 0.717) is 37.2 Å². The van der Waals surface area contributed by atoms with Crippen LogP contribution < -0.4 is 10.1 Å². The lowest BCUT2D eigenvalue weighted by Crippen LogP contribution is -2.60. The Morgan fingerprint density at radius 3 is 2.48 bits per heavy atom. The van der Waals surface area contributed by atoms with Gasteiger partial charge in [-0.15, -0.1) is 0 Å². The molecule has 0 bridgehead atoms. The van der Waals surface area contributed by atoms with E-state index >= 15 is 0 Å². The average Bonchev–Trinajstić information content (AvgIpc) is 2.69. The number of likely N-dealkylation sites (tertiary alicyclic amines) is 1. The molecular weight excluding hydrogens is 370 g/mol. The van der Waals surface area contributed by atoms with Crippen molar-refractivity contribution in [3.63, 3.8) is 0 Å². The quantitative estimate of drug-likeness (QED) is 0.718. The number of carbonyl (C=O) groups excluding carboxylic acids is 1. The van der Waals surface area contributed by atoms with Crippen LogP contribution in [-0.4, -0.2) is 47.2 Å². The number of amides is 2. The molecule has 1 aliphatic heterocycles. The van der Waals surface area contributed by atoms with Crippen LogP contribution >= 0.6 is 0 Å². The second kappa shape index (κ2) is 9.60. The highest BCUT2D eigenvalue weighted by Gasteiger charge is 2.33. The molecular formula is C22H23N3O4. The van der Waals surface area contributed by atoms with Crippen LogP contribution in [0.25, 0.3) is 0 Å². The first-order valence-corrected chi connectivity index (χ1v) is 9.51. The molecule has 7 heteroatoms. The van der Waals surface area contributed by atoms with Gasteiger partial charge in [-0.1, -0.05) is 30.3 Å². The van der Waals surface area contributed by atoms with Crippen LogP contribution in [0.1, 0.15) is 24.0 Å². The highest BCUT2D eigenvalue weighted by atomic mass is 16.5. The zero-order chi connectivity index (χ0) is 20.6. The van der Waals surface area contributed by atoms with E-state index in [0.717, 1.165) is 5.56 Å². The first-order chi connectivity index (χ1) is 14.0. The van der Waals surface area contributed by atoms with Crippen molar-refractivity contribution in [2.45, 2.75) is 31.4 Å². The number of hydrogen-bond acceptors (Lipinski definition) is 4. The van der Waals surface area contributed by atoms with Gasteiger partial charge in [0.2, 0.25) is 0 Å². The van der Waals surface area contributed by atoms with Crippen molar-refractivity contribution >= 4 is 12.0 Å².